The van der Waals surface area contributed by atoms with Crippen molar-refractivity contribution in [3.05, 3.63) is 54.2 Å². The van der Waals surface area contributed by atoms with Crippen LogP contribution in [-0.4, -0.2) is 43.2 Å². The highest BCUT2D eigenvalue weighted by atomic mass is 19.1. The molecule has 0 saturated carbocycles. The van der Waals surface area contributed by atoms with Crippen LogP contribution in [0.3, 0.4) is 0 Å². The number of amides is 1. The first-order valence-corrected chi connectivity index (χ1v) is 8.05. The summed E-state index contributed by atoms with van der Waals surface area (Å²) in [6.07, 6.45) is 3.22. The molecule has 128 valence electrons. The Labute approximate surface area is 140 Å². The van der Waals surface area contributed by atoms with Gasteiger partial charge in [0.25, 0.3) is 5.91 Å². The van der Waals surface area contributed by atoms with Gasteiger partial charge in [0.2, 0.25) is 0 Å². The quantitative estimate of drug-likeness (QED) is 0.762. The van der Waals surface area contributed by atoms with Crippen LogP contribution in [0.5, 0.6) is 5.75 Å². The molecule has 0 radical (unpaired) electrons. The van der Waals surface area contributed by atoms with Gasteiger partial charge < -0.3 is 18.8 Å². The van der Waals surface area contributed by atoms with E-state index in [9.17, 15) is 9.18 Å². The number of nitrogens with zero attached hydrogens (tertiary/aromatic N) is 1. The number of carbonyl (C=O) groups is 1. The number of carbonyl (C=O) groups excluding carboxylic acids is 1. The van der Waals surface area contributed by atoms with Crippen LogP contribution >= 0.6 is 0 Å². The highest BCUT2D eigenvalue weighted by Gasteiger charge is 2.25. The van der Waals surface area contributed by atoms with Crippen molar-refractivity contribution in [1.29, 1.82) is 0 Å². The van der Waals surface area contributed by atoms with Gasteiger partial charge in [-0.05, 0) is 49.2 Å². The smallest absolute Gasteiger partial charge is 0.289 e. The Morgan fingerprint density at radius 1 is 1.17 bits per heavy atom. The minimum atomic E-state index is -0.283. The second kappa shape index (κ2) is 7.97. The first kappa shape index (κ1) is 16.5. The normalized spacial score (nSPS) is 15.5. The van der Waals surface area contributed by atoms with Crippen molar-refractivity contribution in [3.8, 4) is 5.75 Å². The molecule has 2 aromatic rings. The molecule has 0 aliphatic carbocycles. The summed E-state index contributed by atoms with van der Waals surface area (Å²) in [5.74, 6) is 0.647. The molecule has 1 saturated heterocycles. The lowest BCUT2D eigenvalue weighted by Crippen LogP contribution is -2.41. The molecular weight excluding hydrogens is 313 g/mol. The van der Waals surface area contributed by atoms with Gasteiger partial charge >= 0.3 is 0 Å². The third-order valence-electron chi connectivity index (χ3n) is 3.98. The van der Waals surface area contributed by atoms with Gasteiger partial charge in [0.05, 0.1) is 19.0 Å². The number of benzene rings is 1. The Bertz CT molecular complexity index is 634. The van der Waals surface area contributed by atoms with E-state index in [1.807, 2.05) is 0 Å². The maximum atomic E-state index is 12.8. The first-order chi connectivity index (χ1) is 11.7. The van der Waals surface area contributed by atoms with E-state index in [-0.39, 0.29) is 17.8 Å². The van der Waals surface area contributed by atoms with Crippen LogP contribution in [0.15, 0.2) is 47.1 Å². The topological polar surface area (TPSA) is 51.9 Å². The van der Waals surface area contributed by atoms with Crippen molar-refractivity contribution in [3.63, 3.8) is 0 Å². The zero-order valence-electron chi connectivity index (χ0n) is 13.3. The fraction of sp³-hybridized carbons (Fsp3) is 0.389. The van der Waals surface area contributed by atoms with Gasteiger partial charge in [0.15, 0.2) is 5.76 Å². The largest absolute Gasteiger partial charge is 0.491 e. The van der Waals surface area contributed by atoms with Gasteiger partial charge in [-0.1, -0.05) is 0 Å². The maximum absolute atomic E-state index is 12.8. The van der Waals surface area contributed by atoms with Crippen LogP contribution in [0.4, 0.5) is 4.39 Å². The fourth-order valence-electron chi connectivity index (χ4n) is 2.69. The summed E-state index contributed by atoms with van der Waals surface area (Å²) in [4.78, 5) is 13.9. The molecule has 1 aromatic heterocycles. The minimum absolute atomic E-state index is 0.0712. The van der Waals surface area contributed by atoms with E-state index in [0.717, 1.165) is 12.8 Å². The summed E-state index contributed by atoms with van der Waals surface area (Å²) < 4.78 is 29.2. The van der Waals surface area contributed by atoms with E-state index in [2.05, 4.69) is 0 Å². The van der Waals surface area contributed by atoms with Crippen molar-refractivity contribution < 1.29 is 23.1 Å². The lowest BCUT2D eigenvalue weighted by molar-refractivity contribution is -0.00297. The molecule has 2 heterocycles. The second-order valence-corrected chi connectivity index (χ2v) is 5.64. The van der Waals surface area contributed by atoms with E-state index in [1.165, 1.54) is 18.4 Å². The zero-order valence-corrected chi connectivity index (χ0v) is 13.3. The number of piperidine rings is 1. The van der Waals surface area contributed by atoms with Crippen LogP contribution in [0.1, 0.15) is 23.4 Å². The summed E-state index contributed by atoms with van der Waals surface area (Å²) in [7, 11) is 0. The summed E-state index contributed by atoms with van der Waals surface area (Å²) >= 11 is 0. The van der Waals surface area contributed by atoms with Crippen molar-refractivity contribution in [1.82, 2.24) is 4.90 Å². The van der Waals surface area contributed by atoms with Gasteiger partial charge in [-0.3, -0.25) is 4.79 Å². The van der Waals surface area contributed by atoms with E-state index in [1.54, 1.807) is 29.2 Å². The van der Waals surface area contributed by atoms with Gasteiger partial charge in [-0.25, -0.2) is 4.39 Å². The van der Waals surface area contributed by atoms with Crippen LogP contribution < -0.4 is 4.74 Å². The third-order valence-corrected chi connectivity index (χ3v) is 3.98. The molecule has 0 unspecified atom stereocenters. The number of likely N-dealkylation sites (tertiary alicyclic amines) is 1. The van der Waals surface area contributed by atoms with Crippen molar-refractivity contribution in [2.45, 2.75) is 18.9 Å². The number of ether oxygens (including phenoxy) is 2. The van der Waals surface area contributed by atoms with Gasteiger partial charge in [-0.2, -0.15) is 0 Å². The summed E-state index contributed by atoms with van der Waals surface area (Å²) in [6.45, 7) is 2.19. The Morgan fingerprint density at radius 3 is 2.58 bits per heavy atom. The number of hydrogen-bond acceptors (Lipinski definition) is 4. The van der Waals surface area contributed by atoms with Crippen molar-refractivity contribution in [2.24, 2.45) is 0 Å². The Hall–Kier alpha value is -2.34. The molecule has 0 atom stereocenters. The Kier molecular flexibility index (Phi) is 5.48. The van der Waals surface area contributed by atoms with Crippen molar-refractivity contribution >= 4 is 5.91 Å². The Morgan fingerprint density at radius 2 is 1.92 bits per heavy atom. The van der Waals surface area contributed by atoms with Crippen LogP contribution in [0.2, 0.25) is 0 Å². The zero-order chi connectivity index (χ0) is 16.8. The molecule has 6 heteroatoms. The molecule has 1 aromatic carbocycles. The minimum Gasteiger partial charge on any atom is -0.491 e. The first-order valence-electron chi connectivity index (χ1n) is 8.05. The molecule has 1 fully saturated rings. The Balaban J connectivity index is 1.34. The van der Waals surface area contributed by atoms with E-state index >= 15 is 0 Å². The lowest BCUT2D eigenvalue weighted by atomic mass is 10.1. The molecule has 0 bridgehead atoms. The molecule has 5 nitrogen and oxygen atoms in total. The van der Waals surface area contributed by atoms with Gasteiger partial charge in [-0.15, -0.1) is 0 Å². The molecule has 24 heavy (non-hydrogen) atoms. The lowest BCUT2D eigenvalue weighted by Gasteiger charge is -2.31. The number of hydrogen-bond donors (Lipinski definition) is 0. The molecule has 0 N–H and O–H groups in total. The fourth-order valence-corrected chi connectivity index (χ4v) is 2.69. The molecule has 1 aliphatic heterocycles. The number of furan rings is 1. The summed E-state index contributed by atoms with van der Waals surface area (Å²) in [6, 6.07) is 9.30. The monoisotopic (exact) mass is 333 g/mol. The second-order valence-electron chi connectivity index (χ2n) is 5.64. The molecular formula is C18H20FNO4. The van der Waals surface area contributed by atoms with Crippen LogP contribution in [0.25, 0.3) is 0 Å². The van der Waals surface area contributed by atoms with E-state index in [4.69, 9.17) is 13.9 Å². The van der Waals surface area contributed by atoms with Crippen molar-refractivity contribution in [2.75, 3.05) is 26.3 Å². The predicted octanol–water partition coefficient (Wildman–Crippen LogP) is 3.12. The summed E-state index contributed by atoms with van der Waals surface area (Å²) in [5, 5.41) is 0. The van der Waals surface area contributed by atoms with E-state index < -0.39 is 0 Å². The highest BCUT2D eigenvalue weighted by molar-refractivity contribution is 5.91. The number of halogens is 1. The molecule has 3 rings (SSSR count). The number of rotatable bonds is 6. The maximum Gasteiger partial charge on any atom is 0.289 e. The average molecular weight is 333 g/mol. The van der Waals surface area contributed by atoms with Crippen LogP contribution in [0, 0.1) is 5.82 Å². The molecule has 1 aliphatic rings. The average Bonchev–Trinajstić information content (AvgIpc) is 3.15. The molecule has 0 spiro atoms. The van der Waals surface area contributed by atoms with Gasteiger partial charge in [0.1, 0.15) is 18.2 Å². The van der Waals surface area contributed by atoms with Gasteiger partial charge in [0, 0.05) is 13.1 Å². The predicted molar refractivity (Wildman–Crippen MR) is 85.5 cm³/mol. The third kappa shape index (κ3) is 4.35. The highest BCUT2D eigenvalue weighted by Crippen LogP contribution is 2.17. The van der Waals surface area contributed by atoms with E-state index in [0.29, 0.717) is 37.8 Å². The summed E-state index contributed by atoms with van der Waals surface area (Å²) in [5.41, 5.74) is 0. The SMILES string of the molecule is O=C(c1ccco1)N1CCC(OCCOc2ccc(F)cc2)CC1. The standard InChI is InChI=1S/C18H20FNO4/c19-14-3-5-15(6-4-14)22-12-13-23-16-7-9-20(10-8-16)18(21)17-2-1-11-24-17/h1-6,11,16H,7-10,12-13H2. The molecule has 1 amide bonds. The van der Waals surface area contributed by atoms with Crippen LogP contribution in [-0.2, 0) is 4.74 Å².